The van der Waals surface area contributed by atoms with E-state index < -0.39 is 0 Å². The lowest BCUT2D eigenvalue weighted by Crippen LogP contribution is -1.93. The van der Waals surface area contributed by atoms with Crippen LogP contribution < -0.4 is 5.73 Å². The van der Waals surface area contributed by atoms with Gasteiger partial charge in [-0.15, -0.1) is 11.3 Å². The van der Waals surface area contributed by atoms with E-state index in [0.717, 1.165) is 17.2 Å². The third-order valence-electron chi connectivity index (χ3n) is 2.14. The molecule has 1 aromatic rings. The van der Waals surface area contributed by atoms with Gasteiger partial charge in [-0.2, -0.15) is 11.8 Å². The molecule has 1 aromatic heterocycles. The molecule has 0 amide bonds. The van der Waals surface area contributed by atoms with Gasteiger partial charge in [0.1, 0.15) is 0 Å². The summed E-state index contributed by atoms with van der Waals surface area (Å²) in [7, 11) is 0. The van der Waals surface area contributed by atoms with Crippen LogP contribution in [0.4, 0.5) is 0 Å². The molecule has 16 heavy (non-hydrogen) atoms. The Bertz CT molecular complexity index is 357. The Morgan fingerprint density at radius 1 is 1.50 bits per heavy atom. The zero-order valence-corrected chi connectivity index (χ0v) is 11.6. The van der Waals surface area contributed by atoms with Crippen molar-refractivity contribution in [2.24, 2.45) is 11.7 Å². The van der Waals surface area contributed by atoms with E-state index >= 15 is 0 Å². The highest BCUT2D eigenvalue weighted by Gasteiger charge is 2.02. The SMILES string of the molecule is CC(C)CCSCc1sccc1C#CCN. The van der Waals surface area contributed by atoms with Gasteiger partial charge in [-0.1, -0.05) is 25.7 Å². The van der Waals surface area contributed by atoms with Gasteiger partial charge in [0.25, 0.3) is 0 Å². The largest absolute Gasteiger partial charge is 0.320 e. The van der Waals surface area contributed by atoms with E-state index in [0.29, 0.717) is 6.54 Å². The van der Waals surface area contributed by atoms with Gasteiger partial charge in [0.05, 0.1) is 6.54 Å². The van der Waals surface area contributed by atoms with E-state index in [1.54, 1.807) is 11.3 Å². The highest BCUT2D eigenvalue weighted by atomic mass is 32.2. The number of hydrogen-bond donors (Lipinski definition) is 1. The van der Waals surface area contributed by atoms with Crippen molar-refractivity contribution in [1.82, 2.24) is 0 Å². The Kier molecular flexibility index (Phi) is 6.63. The van der Waals surface area contributed by atoms with Gasteiger partial charge in [-0.25, -0.2) is 0 Å². The van der Waals surface area contributed by atoms with Crippen LogP contribution in [0.5, 0.6) is 0 Å². The smallest absolute Gasteiger partial charge is 0.0555 e. The quantitative estimate of drug-likeness (QED) is 0.643. The summed E-state index contributed by atoms with van der Waals surface area (Å²) < 4.78 is 0. The van der Waals surface area contributed by atoms with Crippen molar-refractivity contribution in [1.29, 1.82) is 0 Å². The topological polar surface area (TPSA) is 26.0 Å². The van der Waals surface area contributed by atoms with Crippen molar-refractivity contribution in [2.75, 3.05) is 12.3 Å². The highest BCUT2D eigenvalue weighted by molar-refractivity contribution is 7.98. The molecule has 0 unspecified atom stereocenters. The maximum atomic E-state index is 5.37. The average molecular weight is 253 g/mol. The Labute approximate surface area is 107 Å². The lowest BCUT2D eigenvalue weighted by atomic mass is 10.2. The second-order valence-electron chi connectivity index (χ2n) is 4.00. The summed E-state index contributed by atoms with van der Waals surface area (Å²) in [6, 6.07) is 2.09. The van der Waals surface area contributed by atoms with Gasteiger partial charge in [0.15, 0.2) is 0 Å². The van der Waals surface area contributed by atoms with Crippen LogP contribution in [-0.2, 0) is 5.75 Å². The van der Waals surface area contributed by atoms with Crippen molar-refractivity contribution in [3.05, 3.63) is 21.9 Å². The molecule has 0 aliphatic rings. The normalized spacial score (nSPS) is 10.2. The van der Waals surface area contributed by atoms with E-state index in [1.165, 1.54) is 17.1 Å². The lowest BCUT2D eigenvalue weighted by molar-refractivity contribution is 0.632. The minimum atomic E-state index is 0.440. The minimum absolute atomic E-state index is 0.440. The number of thioether (sulfide) groups is 1. The molecule has 0 atom stereocenters. The van der Waals surface area contributed by atoms with Crippen LogP contribution in [-0.4, -0.2) is 12.3 Å². The molecule has 88 valence electrons. The van der Waals surface area contributed by atoms with Crippen molar-refractivity contribution in [3.8, 4) is 11.8 Å². The number of hydrogen-bond acceptors (Lipinski definition) is 3. The van der Waals surface area contributed by atoms with Crippen LogP contribution in [0.3, 0.4) is 0 Å². The van der Waals surface area contributed by atoms with Gasteiger partial charge >= 0.3 is 0 Å². The Morgan fingerprint density at radius 3 is 3.00 bits per heavy atom. The van der Waals surface area contributed by atoms with Crippen LogP contribution in [0.2, 0.25) is 0 Å². The van der Waals surface area contributed by atoms with Crippen LogP contribution >= 0.6 is 23.1 Å². The Balaban J connectivity index is 2.39. The molecule has 0 radical (unpaired) electrons. The van der Waals surface area contributed by atoms with Gasteiger partial charge in [0.2, 0.25) is 0 Å². The molecule has 3 heteroatoms. The highest BCUT2D eigenvalue weighted by Crippen LogP contribution is 2.23. The first-order chi connectivity index (χ1) is 7.74. The summed E-state index contributed by atoms with van der Waals surface area (Å²) in [6.07, 6.45) is 1.29. The first-order valence-corrected chi connectivity index (χ1v) is 7.60. The molecule has 1 rings (SSSR count). The molecule has 0 bridgehead atoms. The molecular formula is C13H19NS2. The zero-order valence-electron chi connectivity index (χ0n) is 9.95. The van der Waals surface area contributed by atoms with Crippen molar-refractivity contribution in [2.45, 2.75) is 26.0 Å². The maximum Gasteiger partial charge on any atom is 0.0555 e. The van der Waals surface area contributed by atoms with Crippen LogP contribution in [0, 0.1) is 17.8 Å². The first kappa shape index (κ1) is 13.6. The predicted octanol–water partition coefficient (Wildman–Crippen LogP) is 3.34. The predicted molar refractivity (Wildman–Crippen MR) is 75.9 cm³/mol. The molecule has 2 N–H and O–H groups in total. The molecule has 0 saturated heterocycles. The van der Waals surface area contributed by atoms with Crippen LogP contribution in [0.25, 0.3) is 0 Å². The third kappa shape index (κ3) is 5.07. The zero-order chi connectivity index (χ0) is 11.8. The van der Waals surface area contributed by atoms with Crippen molar-refractivity contribution < 1.29 is 0 Å². The van der Waals surface area contributed by atoms with Crippen molar-refractivity contribution in [3.63, 3.8) is 0 Å². The van der Waals surface area contributed by atoms with E-state index in [4.69, 9.17) is 5.73 Å². The average Bonchev–Trinajstić information content (AvgIpc) is 2.69. The summed E-state index contributed by atoms with van der Waals surface area (Å²) in [5, 5.41) is 2.11. The first-order valence-electron chi connectivity index (χ1n) is 5.57. The fourth-order valence-corrected chi connectivity index (χ4v) is 3.45. The van der Waals surface area contributed by atoms with Crippen LogP contribution in [0.1, 0.15) is 30.7 Å². The Morgan fingerprint density at radius 2 is 2.31 bits per heavy atom. The molecule has 1 nitrogen and oxygen atoms in total. The third-order valence-corrected chi connectivity index (χ3v) is 4.26. The summed E-state index contributed by atoms with van der Waals surface area (Å²) in [4.78, 5) is 1.38. The van der Waals surface area contributed by atoms with Gasteiger partial charge in [-0.05, 0) is 29.5 Å². The number of rotatable bonds is 5. The molecule has 0 saturated carbocycles. The van der Waals surface area contributed by atoms with Gasteiger partial charge < -0.3 is 5.73 Å². The molecule has 0 fully saturated rings. The summed E-state index contributed by atoms with van der Waals surface area (Å²) in [6.45, 7) is 4.98. The molecule has 0 aliphatic carbocycles. The number of thiophene rings is 1. The summed E-state index contributed by atoms with van der Waals surface area (Å²) >= 11 is 3.79. The monoisotopic (exact) mass is 253 g/mol. The summed E-state index contributed by atoms with van der Waals surface area (Å²) in [5.41, 5.74) is 6.53. The molecule has 1 heterocycles. The van der Waals surface area contributed by atoms with E-state index in [2.05, 4.69) is 37.1 Å². The second-order valence-corrected chi connectivity index (χ2v) is 6.10. The van der Waals surface area contributed by atoms with Gasteiger partial charge in [-0.3, -0.25) is 0 Å². The van der Waals surface area contributed by atoms with Gasteiger partial charge in [0, 0.05) is 16.2 Å². The fourth-order valence-electron chi connectivity index (χ4n) is 1.19. The molecular weight excluding hydrogens is 234 g/mol. The molecule has 0 aromatic carbocycles. The summed E-state index contributed by atoms with van der Waals surface area (Å²) in [5.74, 6) is 9.16. The van der Waals surface area contributed by atoms with E-state index in [9.17, 15) is 0 Å². The van der Waals surface area contributed by atoms with E-state index in [-0.39, 0.29) is 0 Å². The standard InChI is InChI=1S/C13H19NS2/c1-11(2)5-8-15-10-13-12(4-3-7-14)6-9-16-13/h6,9,11H,5,7-8,10,14H2,1-2H3. The molecule has 0 aliphatic heterocycles. The minimum Gasteiger partial charge on any atom is -0.320 e. The van der Waals surface area contributed by atoms with Crippen LogP contribution in [0.15, 0.2) is 11.4 Å². The number of nitrogens with two attached hydrogens (primary N) is 1. The van der Waals surface area contributed by atoms with E-state index in [1.807, 2.05) is 11.8 Å². The lowest BCUT2D eigenvalue weighted by Gasteiger charge is -2.03. The fraction of sp³-hybridized carbons (Fsp3) is 0.538. The second kappa shape index (κ2) is 7.78. The molecule has 0 spiro atoms. The Hall–Kier alpha value is -0.430. The van der Waals surface area contributed by atoms with Crippen molar-refractivity contribution >= 4 is 23.1 Å². The maximum absolute atomic E-state index is 5.37.